The minimum atomic E-state index is -1.00. The van der Waals surface area contributed by atoms with E-state index in [1.165, 1.54) is 0 Å². The topological polar surface area (TPSA) is 87.7 Å². The van der Waals surface area contributed by atoms with Gasteiger partial charge in [-0.1, -0.05) is 15.9 Å². The van der Waals surface area contributed by atoms with E-state index in [2.05, 4.69) is 31.5 Å². The number of fused-ring (bicyclic) bond motifs is 4. The van der Waals surface area contributed by atoms with E-state index in [1.54, 1.807) is 31.2 Å². The van der Waals surface area contributed by atoms with E-state index in [1.807, 2.05) is 18.2 Å². The van der Waals surface area contributed by atoms with Gasteiger partial charge >= 0.3 is 5.97 Å². The van der Waals surface area contributed by atoms with Crippen molar-refractivity contribution in [1.82, 2.24) is 4.90 Å². The predicted molar refractivity (Wildman–Crippen MR) is 123 cm³/mol. The molecule has 0 bridgehead atoms. The van der Waals surface area contributed by atoms with Crippen molar-refractivity contribution in [3.63, 3.8) is 0 Å². The number of benzene rings is 2. The Balaban J connectivity index is 1.47. The van der Waals surface area contributed by atoms with Gasteiger partial charge in [0.25, 0.3) is 0 Å². The minimum absolute atomic E-state index is 0.132. The summed E-state index contributed by atoms with van der Waals surface area (Å²) in [6.45, 7) is 2.85. The molecule has 0 aliphatic carbocycles. The van der Waals surface area contributed by atoms with Crippen LogP contribution in [0.3, 0.4) is 0 Å². The van der Waals surface area contributed by atoms with E-state index in [0.717, 1.165) is 35.1 Å². The van der Waals surface area contributed by atoms with Crippen LogP contribution in [0.25, 0.3) is 0 Å². The molecule has 0 aromatic heterocycles. The van der Waals surface area contributed by atoms with Crippen molar-refractivity contribution >= 4 is 45.1 Å². The fraction of sp³-hybridized carbons (Fsp3) is 0.375. The van der Waals surface area contributed by atoms with Crippen LogP contribution in [0.15, 0.2) is 46.9 Å². The summed E-state index contributed by atoms with van der Waals surface area (Å²) in [4.78, 5) is 41.1. The maximum atomic E-state index is 13.5. The molecular weight excluding hydrogens is 474 g/mol. The molecule has 3 atom stereocenters. The zero-order valence-electron chi connectivity index (χ0n) is 17.7. The number of halogens is 1. The van der Waals surface area contributed by atoms with Gasteiger partial charge in [-0.2, -0.15) is 0 Å². The average Bonchev–Trinajstić information content (AvgIpc) is 3.43. The molecule has 2 N–H and O–H groups in total. The average molecular weight is 498 g/mol. The lowest BCUT2D eigenvalue weighted by Gasteiger charge is -2.36. The van der Waals surface area contributed by atoms with Crippen molar-refractivity contribution in [3.05, 3.63) is 58.1 Å². The molecule has 2 amide bonds. The van der Waals surface area contributed by atoms with Crippen LogP contribution in [0.1, 0.15) is 42.1 Å². The summed E-state index contributed by atoms with van der Waals surface area (Å²) in [6, 6.07) is 12.6. The SMILES string of the molecule is CCOC(=O)c1ccc(NC(=O)[C@@H]2C[C@H]3CCCN3[C@@]23C(=O)Nc2ccc(Br)cc23)cc1. The van der Waals surface area contributed by atoms with Gasteiger partial charge in [0, 0.05) is 27.5 Å². The molecule has 2 saturated heterocycles. The largest absolute Gasteiger partial charge is 0.462 e. The zero-order chi connectivity index (χ0) is 22.5. The number of esters is 1. The molecule has 3 aliphatic heterocycles. The van der Waals surface area contributed by atoms with Crippen LogP contribution in [-0.2, 0) is 19.9 Å². The monoisotopic (exact) mass is 497 g/mol. The summed E-state index contributed by atoms with van der Waals surface area (Å²) in [5.41, 5.74) is 1.63. The number of carbonyl (C=O) groups is 3. The highest BCUT2D eigenvalue weighted by atomic mass is 79.9. The molecule has 32 heavy (non-hydrogen) atoms. The van der Waals surface area contributed by atoms with Gasteiger partial charge in [-0.25, -0.2) is 4.79 Å². The van der Waals surface area contributed by atoms with Crippen LogP contribution in [0.2, 0.25) is 0 Å². The zero-order valence-corrected chi connectivity index (χ0v) is 19.3. The molecular formula is C24H24BrN3O4. The van der Waals surface area contributed by atoms with Crippen molar-refractivity contribution in [2.75, 3.05) is 23.8 Å². The van der Waals surface area contributed by atoms with E-state index < -0.39 is 17.4 Å². The van der Waals surface area contributed by atoms with Gasteiger partial charge in [0.1, 0.15) is 5.54 Å². The molecule has 0 saturated carbocycles. The molecule has 5 rings (SSSR count). The third-order valence-corrected chi connectivity index (χ3v) is 7.30. The number of carbonyl (C=O) groups excluding carboxylic acids is 3. The lowest BCUT2D eigenvalue weighted by molar-refractivity contribution is -0.135. The number of anilines is 2. The van der Waals surface area contributed by atoms with E-state index in [-0.39, 0.29) is 17.9 Å². The van der Waals surface area contributed by atoms with E-state index in [9.17, 15) is 14.4 Å². The Kier molecular flexibility index (Phi) is 5.29. The van der Waals surface area contributed by atoms with Crippen molar-refractivity contribution in [2.24, 2.45) is 5.92 Å². The highest BCUT2D eigenvalue weighted by Gasteiger charge is 2.65. The number of nitrogens with zero attached hydrogens (tertiary/aromatic N) is 1. The van der Waals surface area contributed by atoms with Crippen LogP contribution in [0.4, 0.5) is 11.4 Å². The number of ether oxygens (including phenoxy) is 1. The summed E-state index contributed by atoms with van der Waals surface area (Å²) in [5, 5.41) is 6.00. The molecule has 0 unspecified atom stereocenters. The summed E-state index contributed by atoms with van der Waals surface area (Å²) < 4.78 is 5.89. The van der Waals surface area contributed by atoms with Gasteiger partial charge in [-0.05, 0) is 75.2 Å². The summed E-state index contributed by atoms with van der Waals surface area (Å²) in [5.74, 6) is -1.24. The highest BCUT2D eigenvalue weighted by Crippen LogP contribution is 2.55. The standard InChI is InChI=1S/C24H24BrN3O4/c1-2-32-22(30)14-5-8-16(9-6-14)26-21(29)19-13-17-4-3-11-28(17)24(19)18-12-15(25)7-10-20(18)27-23(24)31/h5-10,12,17,19H,2-4,11,13H2,1H3,(H,26,29)(H,27,31)/t17-,19+,24-/m1/s1. The molecule has 8 heteroatoms. The normalized spacial score (nSPS) is 26.0. The van der Waals surface area contributed by atoms with E-state index in [0.29, 0.717) is 24.3 Å². The first kappa shape index (κ1) is 21.2. The Labute approximate surface area is 194 Å². The summed E-state index contributed by atoms with van der Waals surface area (Å²) in [6.07, 6.45) is 2.63. The quantitative estimate of drug-likeness (QED) is 0.625. The third-order valence-electron chi connectivity index (χ3n) is 6.81. The van der Waals surface area contributed by atoms with Gasteiger partial charge in [0.05, 0.1) is 18.1 Å². The Morgan fingerprint density at radius 3 is 2.78 bits per heavy atom. The molecule has 3 heterocycles. The van der Waals surface area contributed by atoms with Gasteiger partial charge < -0.3 is 15.4 Å². The van der Waals surface area contributed by atoms with Crippen LogP contribution in [0, 0.1) is 5.92 Å². The molecule has 3 aliphatic rings. The lowest BCUT2D eigenvalue weighted by Crippen LogP contribution is -2.53. The Morgan fingerprint density at radius 2 is 2.03 bits per heavy atom. The van der Waals surface area contributed by atoms with Crippen LogP contribution in [-0.4, -0.2) is 41.9 Å². The second-order valence-electron chi connectivity index (χ2n) is 8.48. The predicted octanol–water partition coefficient (Wildman–Crippen LogP) is 3.90. The van der Waals surface area contributed by atoms with Gasteiger partial charge in [0.15, 0.2) is 0 Å². The third kappa shape index (κ3) is 3.16. The Bertz CT molecular complexity index is 1100. The van der Waals surface area contributed by atoms with Crippen molar-refractivity contribution in [1.29, 1.82) is 0 Å². The minimum Gasteiger partial charge on any atom is -0.462 e. The molecule has 2 fully saturated rings. The number of hydrogen-bond acceptors (Lipinski definition) is 5. The lowest BCUT2D eigenvalue weighted by atomic mass is 9.78. The first-order valence-corrected chi connectivity index (χ1v) is 11.7. The van der Waals surface area contributed by atoms with Crippen molar-refractivity contribution < 1.29 is 19.1 Å². The molecule has 2 aromatic rings. The number of rotatable bonds is 4. The highest BCUT2D eigenvalue weighted by molar-refractivity contribution is 9.10. The van der Waals surface area contributed by atoms with Crippen LogP contribution in [0.5, 0.6) is 0 Å². The second-order valence-corrected chi connectivity index (χ2v) is 9.39. The van der Waals surface area contributed by atoms with Crippen molar-refractivity contribution in [2.45, 2.75) is 37.8 Å². The molecule has 7 nitrogen and oxygen atoms in total. The first-order chi connectivity index (χ1) is 15.4. The van der Waals surface area contributed by atoms with E-state index in [4.69, 9.17) is 4.74 Å². The Hall–Kier alpha value is -2.71. The summed E-state index contributed by atoms with van der Waals surface area (Å²) >= 11 is 3.53. The number of amides is 2. The molecule has 2 aromatic carbocycles. The number of hydrogen-bond donors (Lipinski definition) is 2. The van der Waals surface area contributed by atoms with Crippen LogP contribution < -0.4 is 10.6 Å². The maximum Gasteiger partial charge on any atom is 0.338 e. The maximum absolute atomic E-state index is 13.5. The van der Waals surface area contributed by atoms with E-state index >= 15 is 0 Å². The first-order valence-electron chi connectivity index (χ1n) is 10.9. The smallest absolute Gasteiger partial charge is 0.338 e. The molecule has 0 radical (unpaired) electrons. The second kappa shape index (κ2) is 8.01. The molecule has 166 valence electrons. The van der Waals surface area contributed by atoms with Gasteiger partial charge in [-0.15, -0.1) is 0 Å². The Morgan fingerprint density at radius 1 is 1.25 bits per heavy atom. The van der Waals surface area contributed by atoms with Crippen molar-refractivity contribution in [3.8, 4) is 0 Å². The summed E-state index contributed by atoms with van der Waals surface area (Å²) in [7, 11) is 0. The van der Waals surface area contributed by atoms with Gasteiger partial charge in [-0.3, -0.25) is 14.5 Å². The number of nitrogens with one attached hydrogen (secondary N) is 2. The fourth-order valence-electron chi connectivity index (χ4n) is 5.53. The fourth-order valence-corrected chi connectivity index (χ4v) is 5.89. The van der Waals surface area contributed by atoms with Gasteiger partial charge in [0.2, 0.25) is 11.8 Å². The molecule has 1 spiro atoms. The van der Waals surface area contributed by atoms with Crippen LogP contribution >= 0.6 is 15.9 Å².